The summed E-state index contributed by atoms with van der Waals surface area (Å²) in [4.78, 5) is 14.0. The molecule has 2 aromatic carbocycles. The van der Waals surface area contributed by atoms with Crippen LogP contribution >= 0.6 is 15.9 Å². The number of sulfonamides is 1. The number of rotatable bonds is 5. The Morgan fingerprint density at radius 3 is 2.56 bits per heavy atom. The Hall–Kier alpha value is -1.93. The largest absolute Gasteiger partial charge is 0.337 e. The molecule has 134 valence electrons. The number of amides is 1. The molecule has 0 aliphatic heterocycles. The van der Waals surface area contributed by atoms with Crippen LogP contribution in [0.25, 0.3) is 0 Å². The van der Waals surface area contributed by atoms with Gasteiger partial charge >= 0.3 is 0 Å². The van der Waals surface area contributed by atoms with E-state index in [4.69, 9.17) is 0 Å². The van der Waals surface area contributed by atoms with E-state index < -0.39 is 15.8 Å². The van der Waals surface area contributed by atoms with Crippen LogP contribution in [0, 0.1) is 12.7 Å². The lowest BCUT2D eigenvalue weighted by Crippen LogP contribution is -2.27. The Bertz CT molecular complexity index is 916. The van der Waals surface area contributed by atoms with Crippen LogP contribution in [0.4, 0.5) is 10.1 Å². The van der Waals surface area contributed by atoms with Crippen molar-refractivity contribution in [1.29, 1.82) is 0 Å². The maximum Gasteiger partial charge on any atom is 0.253 e. The quantitative estimate of drug-likeness (QED) is 0.791. The highest BCUT2D eigenvalue weighted by Gasteiger charge is 2.16. The molecule has 0 spiro atoms. The van der Waals surface area contributed by atoms with Crippen LogP contribution in [0.1, 0.15) is 21.5 Å². The number of carbonyl (C=O) groups excluding carboxylic acids is 1. The van der Waals surface area contributed by atoms with Gasteiger partial charge in [-0.15, -0.1) is 0 Å². The van der Waals surface area contributed by atoms with Crippen LogP contribution in [0.3, 0.4) is 0 Å². The summed E-state index contributed by atoms with van der Waals surface area (Å²) in [5.41, 5.74) is 1.74. The molecule has 0 aliphatic carbocycles. The predicted octanol–water partition coefficient (Wildman–Crippen LogP) is 3.54. The number of nitrogens with zero attached hydrogens (tertiary/aromatic N) is 1. The minimum absolute atomic E-state index is 0.0901. The van der Waals surface area contributed by atoms with Gasteiger partial charge in [0.1, 0.15) is 5.82 Å². The zero-order valence-corrected chi connectivity index (χ0v) is 16.4. The lowest BCUT2D eigenvalue weighted by Gasteiger charge is -2.19. The van der Waals surface area contributed by atoms with E-state index in [1.165, 1.54) is 17.0 Å². The zero-order chi connectivity index (χ0) is 18.8. The van der Waals surface area contributed by atoms with Gasteiger partial charge < -0.3 is 4.90 Å². The Morgan fingerprint density at radius 1 is 1.24 bits per heavy atom. The molecule has 2 rings (SSSR count). The molecule has 0 aromatic heterocycles. The predicted molar refractivity (Wildman–Crippen MR) is 99.5 cm³/mol. The summed E-state index contributed by atoms with van der Waals surface area (Å²) in [5.74, 6) is -0.734. The topological polar surface area (TPSA) is 66.5 Å². The normalized spacial score (nSPS) is 11.2. The molecule has 8 heteroatoms. The minimum Gasteiger partial charge on any atom is -0.337 e. The van der Waals surface area contributed by atoms with E-state index in [2.05, 4.69) is 20.7 Å². The first-order chi connectivity index (χ1) is 11.6. The van der Waals surface area contributed by atoms with E-state index in [1.807, 2.05) is 0 Å². The number of hydrogen-bond acceptors (Lipinski definition) is 3. The van der Waals surface area contributed by atoms with E-state index in [-0.39, 0.29) is 12.5 Å². The zero-order valence-electron chi connectivity index (χ0n) is 14.0. The summed E-state index contributed by atoms with van der Waals surface area (Å²) in [5, 5.41) is 0. The van der Waals surface area contributed by atoms with Crippen molar-refractivity contribution in [1.82, 2.24) is 4.90 Å². The van der Waals surface area contributed by atoms with Crippen molar-refractivity contribution >= 4 is 37.5 Å². The summed E-state index contributed by atoms with van der Waals surface area (Å²) < 4.78 is 39.8. The van der Waals surface area contributed by atoms with Crippen molar-refractivity contribution in [3.8, 4) is 0 Å². The average Bonchev–Trinajstić information content (AvgIpc) is 2.51. The molecule has 5 nitrogen and oxygen atoms in total. The second kappa shape index (κ2) is 7.53. The maximum absolute atomic E-state index is 13.9. The lowest BCUT2D eigenvalue weighted by molar-refractivity contribution is 0.0784. The van der Waals surface area contributed by atoms with E-state index in [0.29, 0.717) is 22.4 Å². The maximum atomic E-state index is 13.9. The Morgan fingerprint density at radius 2 is 1.92 bits per heavy atom. The Balaban J connectivity index is 2.24. The third-order valence-electron chi connectivity index (χ3n) is 3.54. The van der Waals surface area contributed by atoms with Crippen molar-refractivity contribution in [2.24, 2.45) is 0 Å². The highest BCUT2D eigenvalue weighted by Crippen LogP contribution is 2.21. The fraction of sp³-hybridized carbons (Fsp3) is 0.235. The molecule has 2 aromatic rings. The number of benzene rings is 2. The number of halogens is 2. The second-order valence-corrected chi connectivity index (χ2v) is 8.47. The summed E-state index contributed by atoms with van der Waals surface area (Å²) >= 11 is 3.28. The van der Waals surface area contributed by atoms with Gasteiger partial charge in [0.25, 0.3) is 5.91 Å². The Kier molecular flexibility index (Phi) is 5.84. The lowest BCUT2D eigenvalue weighted by atomic mass is 10.1. The number of nitrogens with one attached hydrogen (secondary N) is 1. The number of hydrogen-bond donors (Lipinski definition) is 1. The van der Waals surface area contributed by atoms with Gasteiger partial charge in [-0.05, 0) is 42.8 Å². The van der Waals surface area contributed by atoms with Gasteiger partial charge in [-0.2, -0.15) is 0 Å². The third-order valence-corrected chi connectivity index (χ3v) is 4.63. The van der Waals surface area contributed by atoms with E-state index >= 15 is 0 Å². The third kappa shape index (κ3) is 5.27. The number of aryl methyl sites for hydroxylation is 1. The molecular weight excluding hydrogens is 411 g/mol. The molecular formula is C17H18BrFN2O3S. The first kappa shape index (κ1) is 19.4. The molecule has 0 unspecified atom stereocenters. The molecule has 0 atom stereocenters. The van der Waals surface area contributed by atoms with Crippen molar-refractivity contribution in [3.05, 3.63) is 63.4 Å². The van der Waals surface area contributed by atoms with Crippen LogP contribution in [0.2, 0.25) is 0 Å². The fourth-order valence-corrected chi connectivity index (χ4v) is 3.30. The minimum atomic E-state index is -3.45. The monoisotopic (exact) mass is 428 g/mol. The molecule has 0 bridgehead atoms. The van der Waals surface area contributed by atoms with Gasteiger partial charge in [-0.3, -0.25) is 9.52 Å². The van der Waals surface area contributed by atoms with E-state index in [0.717, 1.165) is 10.7 Å². The van der Waals surface area contributed by atoms with Crippen LogP contribution in [0.15, 0.2) is 40.9 Å². The molecule has 0 fully saturated rings. The van der Waals surface area contributed by atoms with Crippen LogP contribution in [0.5, 0.6) is 0 Å². The first-order valence-corrected chi connectivity index (χ1v) is 10.0. The van der Waals surface area contributed by atoms with Gasteiger partial charge in [0.2, 0.25) is 10.0 Å². The van der Waals surface area contributed by atoms with Crippen molar-refractivity contribution < 1.29 is 17.6 Å². The highest BCUT2D eigenvalue weighted by atomic mass is 79.9. The van der Waals surface area contributed by atoms with Crippen molar-refractivity contribution in [2.75, 3.05) is 18.0 Å². The molecule has 0 heterocycles. The van der Waals surface area contributed by atoms with Crippen LogP contribution < -0.4 is 4.72 Å². The summed E-state index contributed by atoms with van der Waals surface area (Å²) in [6, 6.07) is 9.28. The molecule has 1 amide bonds. The van der Waals surface area contributed by atoms with Gasteiger partial charge in [0.15, 0.2) is 0 Å². The van der Waals surface area contributed by atoms with E-state index in [9.17, 15) is 17.6 Å². The van der Waals surface area contributed by atoms with Crippen molar-refractivity contribution in [3.63, 3.8) is 0 Å². The molecule has 1 N–H and O–H groups in total. The smallest absolute Gasteiger partial charge is 0.253 e. The van der Waals surface area contributed by atoms with Gasteiger partial charge in [-0.25, -0.2) is 12.8 Å². The van der Waals surface area contributed by atoms with Crippen LogP contribution in [-0.2, 0) is 16.6 Å². The fourth-order valence-electron chi connectivity index (χ4n) is 2.28. The molecule has 0 saturated carbocycles. The van der Waals surface area contributed by atoms with E-state index in [1.54, 1.807) is 38.2 Å². The summed E-state index contributed by atoms with van der Waals surface area (Å²) in [6.45, 7) is 1.83. The van der Waals surface area contributed by atoms with Crippen molar-refractivity contribution in [2.45, 2.75) is 13.5 Å². The number of carbonyl (C=O) groups is 1. The first-order valence-electron chi connectivity index (χ1n) is 7.34. The average molecular weight is 429 g/mol. The summed E-state index contributed by atoms with van der Waals surface area (Å²) in [7, 11) is -1.89. The molecule has 0 saturated heterocycles. The van der Waals surface area contributed by atoms with Gasteiger partial charge in [0, 0.05) is 29.2 Å². The van der Waals surface area contributed by atoms with Gasteiger partial charge in [0.05, 0.1) is 11.9 Å². The second-order valence-electron chi connectivity index (χ2n) is 5.80. The SMILES string of the molecule is Cc1ccc(C(=O)N(C)Cc2cc(Br)ccc2F)cc1NS(C)(=O)=O. The molecule has 0 radical (unpaired) electrons. The standard InChI is InChI=1S/C17H18BrFN2O3S/c1-11-4-5-12(9-16(11)20-25(3,23)24)17(22)21(2)10-13-8-14(18)6-7-15(13)19/h4-9,20H,10H2,1-3H3. The molecule has 25 heavy (non-hydrogen) atoms. The van der Waals surface area contributed by atoms with Crippen LogP contribution in [-0.4, -0.2) is 32.5 Å². The summed E-state index contributed by atoms with van der Waals surface area (Å²) in [6.07, 6.45) is 1.04. The highest BCUT2D eigenvalue weighted by molar-refractivity contribution is 9.10. The molecule has 0 aliphatic rings. The number of anilines is 1. The van der Waals surface area contributed by atoms with Gasteiger partial charge in [-0.1, -0.05) is 22.0 Å². The Labute approximate surface area is 155 Å².